The van der Waals surface area contributed by atoms with Crippen LogP contribution in [0, 0.1) is 0 Å². The first-order valence-electron chi connectivity index (χ1n) is 6.23. The Morgan fingerprint density at radius 2 is 1.76 bits per heavy atom. The van der Waals surface area contributed by atoms with E-state index in [0.29, 0.717) is 10.6 Å². The van der Waals surface area contributed by atoms with Gasteiger partial charge in [0.15, 0.2) is 0 Å². The zero-order chi connectivity index (χ0) is 15.8. The molecule has 0 aliphatic carbocycles. The van der Waals surface area contributed by atoms with Gasteiger partial charge in [-0.2, -0.15) is 0 Å². The van der Waals surface area contributed by atoms with Crippen LogP contribution in [0.4, 0.5) is 0 Å². The van der Waals surface area contributed by atoms with Gasteiger partial charge in [-0.3, -0.25) is 25.2 Å². The largest absolute Gasteiger partial charge is 0.346 e. The summed E-state index contributed by atoms with van der Waals surface area (Å²) in [6.45, 7) is 3.44. The van der Waals surface area contributed by atoms with Crippen molar-refractivity contribution < 1.29 is 14.4 Å². The van der Waals surface area contributed by atoms with Gasteiger partial charge in [0.1, 0.15) is 0 Å². The highest BCUT2D eigenvalue weighted by Crippen LogP contribution is 2.15. The molecule has 7 heteroatoms. The molecule has 6 nitrogen and oxygen atoms in total. The van der Waals surface area contributed by atoms with E-state index in [1.54, 1.807) is 38.1 Å². The fourth-order valence-electron chi connectivity index (χ4n) is 1.32. The van der Waals surface area contributed by atoms with Crippen molar-refractivity contribution in [3.63, 3.8) is 0 Å². The molecule has 3 amide bonds. The normalized spacial score (nSPS) is 10.5. The molecule has 0 saturated heterocycles. The number of benzene rings is 1. The predicted octanol–water partition coefficient (Wildman–Crippen LogP) is 1.03. The van der Waals surface area contributed by atoms with E-state index in [4.69, 9.17) is 11.6 Å². The number of carbonyl (C=O) groups excluding carboxylic acids is 3. The highest BCUT2D eigenvalue weighted by molar-refractivity contribution is 6.35. The third-order valence-electron chi connectivity index (χ3n) is 2.24. The fourth-order valence-corrected chi connectivity index (χ4v) is 1.52. The van der Waals surface area contributed by atoms with Crippen LogP contribution < -0.4 is 16.2 Å². The van der Waals surface area contributed by atoms with Gasteiger partial charge in [-0.25, -0.2) is 0 Å². The number of amides is 3. The quantitative estimate of drug-likeness (QED) is 0.443. The van der Waals surface area contributed by atoms with Crippen molar-refractivity contribution in [3.8, 4) is 0 Å². The highest BCUT2D eigenvalue weighted by Gasteiger charge is 2.14. The summed E-state index contributed by atoms with van der Waals surface area (Å²) >= 11 is 5.92. The summed E-state index contributed by atoms with van der Waals surface area (Å²) in [6, 6.07) is 6.81. The van der Waals surface area contributed by atoms with Crippen molar-refractivity contribution in [2.75, 3.05) is 0 Å². The van der Waals surface area contributed by atoms with E-state index in [9.17, 15) is 14.4 Å². The van der Waals surface area contributed by atoms with Crippen LogP contribution >= 0.6 is 11.6 Å². The fraction of sp³-hybridized carbons (Fsp3) is 0.214. The molecule has 0 unspecified atom stereocenters. The minimum absolute atomic E-state index is 0.168. The van der Waals surface area contributed by atoms with E-state index < -0.39 is 17.7 Å². The first-order valence-corrected chi connectivity index (χ1v) is 6.61. The van der Waals surface area contributed by atoms with Gasteiger partial charge in [0.05, 0.1) is 0 Å². The van der Waals surface area contributed by atoms with Crippen molar-refractivity contribution >= 4 is 35.4 Å². The molecule has 0 aromatic heterocycles. The van der Waals surface area contributed by atoms with Gasteiger partial charge in [0.2, 0.25) is 0 Å². The van der Waals surface area contributed by atoms with Crippen LogP contribution in [-0.4, -0.2) is 23.8 Å². The Balaban J connectivity index is 2.46. The lowest BCUT2D eigenvalue weighted by atomic mass is 10.2. The lowest BCUT2D eigenvalue weighted by Crippen LogP contribution is -2.49. The molecule has 112 valence electrons. The smallest absolute Gasteiger partial charge is 0.327 e. The topological polar surface area (TPSA) is 87.3 Å². The predicted molar refractivity (Wildman–Crippen MR) is 80.1 cm³/mol. The highest BCUT2D eigenvalue weighted by atomic mass is 35.5. The van der Waals surface area contributed by atoms with Crippen LogP contribution in [0.25, 0.3) is 6.08 Å². The number of hydrogen-bond acceptors (Lipinski definition) is 3. The second-order valence-corrected chi connectivity index (χ2v) is 4.83. The lowest BCUT2D eigenvalue weighted by molar-refractivity contribution is -0.140. The van der Waals surface area contributed by atoms with Crippen molar-refractivity contribution in [3.05, 3.63) is 40.9 Å². The van der Waals surface area contributed by atoms with Crippen LogP contribution in [0.3, 0.4) is 0 Å². The summed E-state index contributed by atoms with van der Waals surface area (Å²) in [5.41, 5.74) is 4.77. The number of halogens is 1. The molecule has 0 bridgehead atoms. The summed E-state index contributed by atoms with van der Waals surface area (Å²) in [5, 5.41) is 2.90. The summed E-state index contributed by atoms with van der Waals surface area (Å²) in [6.07, 6.45) is 2.69. The molecule has 0 aliphatic rings. The third-order valence-corrected chi connectivity index (χ3v) is 2.59. The molecule has 3 N–H and O–H groups in total. The zero-order valence-electron chi connectivity index (χ0n) is 11.6. The van der Waals surface area contributed by atoms with Crippen LogP contribution in [0.2, 0.25) is 5.02 Å². The second-order valence-electron chi connectivity index (χ2n) is 4.43. The molecule has 0 heterocycles. The molecule has 21 heavy (non-hydrogen) atoms. The van der Waals surface area contributed by atoms with Gasteiger partial charge in [0.25, 0.3) is 5.91 Å². The first-order chi connectivity index (χ1) is 9.90. The zero-order valence-corrected chi connectivity index (χ0v) is 12.4. The maximum Gasteiger partial charge on any atom is 0.327 e. The molecule has 0 radical (unpaired) electrons. The Bertz CT molecular complexity index is 570. The maximum absolute atomic E-state index is 11.5. The van der Waals surface area contributed by atoms with E-state index in [1.165, 1.54) is 12.2 Å². The van der Waals surface area contributed by atoms with Gasteiger partial charge in [-0.05, 0) is 31.6 Å². The standard InChI is InChI=1S/C14H16ClN3O3/c1-9(2)16-13(20)14(21)18-17-12(19)8-7-10-5-3-4-6-11(10)15/h3-9H,1-2H3,(H,16,20)(H,17,19)(H,18,21)/b8-7+. The van der Waals surface area contributed by atoms with E-state index in [-0.39, 0.29) is 6.04 Å². The van der Waals surface area contributed by atoms with Crippen LogP contribution in [-0.2, 0) is 14.4 Å². The molecule has 0 spiro atoms. The Morgan fingerprint density at radius 1 is 1.10 bits per heavy atom. The average Bonchev–Trinajstić information content (AvgIpc) is 2.43. The summed E-state index contributed by atoms with van der Waals surface area (Å²) in [4.78, 5) is 34.1. The monoisotopic (exact) mass is 309 g/mol. The Hall–Kier alpha value is -2.34. The number of carbonyl (C=O) groups is 3. The first kappa shape index (κ1) is 16.7. The molecule has 1 aromatic carbocycles. The third kappa shape index (κ3) is 6.09. The van der Waals surface area contributed by atoms with Gasteiger partial charge < -0.3 is 5.32 Å². The molecular weight excluding hydrogens is 294 g/mol. The number of rotatable bonds is 3. The lowest BCUT2D eigenvalue weighted by Gasteiger charge is -2.08. The minimum atomic E-state index is -0.941. The molecule has 1 aromatic rings. The summed E-state index contributed by atoms with van der Waals surface area (Å²) < 4.78 is 0. The van der Waals surface area contributed by atoms with Crippen LogP contribution in [0.5, 0.6) is 0 Å². The second kappa shape index (κ2) is 8.06. The minimum Gasteiger partial charge on any atom is -0.346 e. The van der Waals surface area contributed by atoms with Crippen molar-refractivity contribution in [2.45, 2.75) is 19.9 Å². The van der Waals surface area contributed by atoms with Crippen molar-refractivity contribution in [1.82, 2.24) is 16.2 Å². The van der Waals surface area contributed by atoms with E-state index in [2.05, 4.69) is 10.7 Å². The molecule has 0 aliphatic heterocycles. The van der Waals surface area contributed by atoms with E-state index in [1.807, 2.05) is 5.43 Å². The van der Waals surface area contributed by atoms with Crippen LogP contribution in [0.15, 0.2) is 30.3 Å². The van der Waals surface area contributed by atoms with Crippen molar-refractivity contribution in [1.29, 1.82) is 0 Å². The van der Waals surface area contributed by atoms with Gasteiger partial charge in [0, 0.05) is 17.1 Å². The Kier molecular flexibility index (Phi) is 6.42. The Labute approximate surface area is 127 Å². The number of nitrogens with one attached hydrogen (secondary N) is 3. The van der Waals surface area contributed by atoms with Crippen molar-refractivity contribution in [2.24, 2.45) is 0 Å². The SMILES string of the molecule is CC(C)NC(=O)C(=O)NNC(=O)/C=C/c1ccccc1Cl. The molecule has 1 rings (SSSR count). The van der Waals surface area contributed by atoms with Gasteiger partial charge in [-0.1, -0.05) is 29.8 Å². The molecule has 0 saturated carbocycles. The number of hydrogen-bond donors (Lipinski definition) is 3. The van der Waals surface area contributed by atoms with E-state index >= 15 is 0 Å². The average molecular weight is 310 g/mol. The maximum atomic E-state index is 11.5. The summed E-state index contributed by atoms with van der Waals surface area (Å²) in [5.74, 6) is -2.34. The Morgan fingerprint density at radius 3 is 2.38 bits per heavy atom. The summed E-state index contributed by atoms with van der Waals surface area (Å²) in [7, 11) is 0. The van der Waals surface area contributed by atoms with E-state index in [0.717, 1.165) is 0 Å². The number of hydrazine groups is 1. The van der Waals surface area contributed by atoms with Gasteiger partial charge >= 0.3 is 11.8 Å². The molecule has 0 fully saturated rings. The van der Waals surface area contributed by atoms with Crippen LogP contribution in [0.1, 0.15) is 19.4 Å². The molecular formula is C14H16ClN3O3. The van der Waals surface area contributed by atoms with Gasteiger partial charge in [-0.15, -0.1) is 0 Å². The molecule has 0 atom stereocenters.